The van der Waals surface area contributed by atoms with Crippen LogP contribution < -0.4 is 16.4 Å². The molecule has 0 unspecified atom stereocenters. The summed E-state index contributed by atoms with van der Waals surface area (Å²) in [6.45, 7) is -0.327. The average Bonchev–Trinajstić information content (AvgIpc) is 2.93. The monoisotopic (exact) mass is 550 g/mol. The molecule has 12 heteroatoms. The third-order valence-electron chi connectivity index (χ3n) is 5.99. The second kappa shape index (κ2) is 13.5. The molecular formula is C28H30N4O8. The van der Waals surface area contributed by atoms with Gasteiger partial charge in [0.15, 0.2) is 23.0 Å². The lowest BCUT2D eigenvalue weighted by Gasteiger charge is -2.24. The van der Waals surface area contributed by atoms with Gasteiger partial charge in [0, 0.05) is 13.1 Å². The third-order valence-corrected chi connectivity index (χ3v) is 5.99. The quantitative estimate of drug-likeness (QED) is 0.130. The summed E-state index contributed by atoms with van der Waals surface area (Å²) in [7, 11) is 0. The van der Waals surface area contributed by atoms with Gasteiger partial charge in [0.1, 0.15) is 6.04 Å². The fourth-order valence-electron chi connectivity index (χ4n) is 3.91. The lowest BCUT2D eigenvalue weighted by Crippen LogP contribution is -2.45. The number of amides is 4. The molecule has 40 heavy (non-hydrogen) atoms. The number of nitrogens with one attached hydrogen (secondary N) is 2. The summed E-state index contributed by atoms with van der Waals surface area (Å²) < 4.78 is 0. The average molecular weight is 551 g/mol. The molecule has 3 aromatic carbocycles. The van der Waals surface area contributed by atoms with Crippen LogP contribution in [0, 0.1) is 0 Å². The van der Waals surface area contributed by atoms with Crippen molar-refractivity contribution in [2.24, 2.45) is 5.73 Å². The van der Waals surface area contributed by atoms with E-state index in [1.54, 1.807) is 30.3 Å². The molecule has 0 aliphatic carbocycles. The molecule has 0 saturated carbocycles. The van der Waals surface area contributed by atoms with Crippen LogP contribution in [-0.4, -0.2) is 68.6 Å². The van der Waals surface area contributed by atoms with Crippen LogP contribution in [0.2, 0.25) is 0 Å². The van der Waals surface area contributed by atoms with Gasteiger partial charge in [0.05, 0.1) is 17.7 Å². The van der Waals surface area contributed by atoms with Crippen LogP contribution in [0.3, 0.4) is 0 Å². The smallest absolute Gasteiger partial charge is 0.258 e. The first-order valence-electron chi connectivity index (χ1n) is 12.3. The fourth-order valence-corrected chi connectivity index (χ4v) is 3.91. The molecule has 0 saturated heterocycles. The summed E-state index contributed by atoms with van der Waals surface area (Å²) in [5.74, 6) is -4.96. The van der Waals surface area contributed by atoms with Crippen LogP contribution in [-0.2, 0) is 9.59 Å². The normalized spacial score (nSPS) is 11.3. The number of nitrogens with zero attached hydrogens (tertiary/aromatic N) is 1. The van der Waals surface area contributed by atoms with Gasteiger partial charge in [0.2, 0.25) is 11.8 Å². The van der Waals surface area contributed by atoms with Crippen molar-refractivity contribution in [2.75, 3.05) is 19.6 Å². The standard InChI is InChI=1S/C28H30N4O8/c29-26(38)23(17-8-2-1-3-9-17)31-22(35)16-32(28(40)19-11-7-13-21(34)25(19)37)15-5-4-14-30-27(39)18-10-6-12-20(33)24(18)36/h1-3,6-13,23,33-34,36-37H,4-5,14-16H2,(H2,29,38)(H,30,39)(H,31,35)/t23-/m1/s1. The number of carbonyl (C=O) groups excluding carboxylic acids is 4. The first-order chi connectivity index (χ1) is 19.1. The van der Waals surface area contributed by atoms with Gasteiger partial charge in [-0.15, -0.1) is 0 Å². The Bertz CT molecular complexity index is 1380. The van der Waals surface area contributed by atoms with E-state index in [1.165, 1.54) is 36.4 Å². The zero-order valence-electron chi connectivity index (χ0n) is 21.4. The number of phenols is 4. The molecule has 12 nitrogen and oxygen atoms in total. The van der Waals surface area contributed by atoms with Gasteiger partial charge in [-0.2, -0.15) is 0 Å². The molecule has 0 fully saturated rings. The molecule has 0 spiro atoms. The van der Waals surface area contributed by atoms with E-state index in [0.29, 0.717) is 18.4 Å². The van der Waals surface area contributed by atoms with E-state index in [2.05, 4.69) is 10.6 Å². The summed E-state index contributed by atoms with van der Waals surface area (Å²) >= 11 is 0. The number of primary amides is 1. The third kappa shape index (κ3) is 7.40. The number of unbranched alkanes of at least 4 members (excludes halogenated alkanes) is 1. The number of aromatic hydroxyl groups is 4. The Morgan fingerprint density at radius 2 is 1.38 bits per heavy atom. The molecule has 210 valence electrons. The van der Waals surface area contributed by atoms with Gasteiger partial charge in [-0.05, 0) is 42.7 Å². The Labute approximate surface area is 229 Å². The number of rotatable bonds is 12. The fraction of sp³-hybridized carbons (Fsp3) is 0.214. The number of benzene rings is 3. The molecule has 0 bridgehead atoms. The van der Waals surface area contributed by atoms with Crippen molar-refractivity contribution in [3.8, 4) is 23.0 Å². The van der Waals surface area contributed by atoms with Crippen LogP contribution in [0.4, 0.5) is 0 Å². The predicted octanol–water partition coefficient (Wildman–Crippen LogP) is 1.50. The maximum absolute atomic E-state index is 13.2. The minimum Gasteiger partial charge on any atom is -0.504 e. The second-order valence-electron chi connectivity index (χ2n) is 8.85. The first kappa shape index (κ1) is 29.3. The highest BCUT2D eigenvalue weighted by Gasteiger charge is 2.25. The summed E-state index contributed by atoms with van der Waals surface area (Å²) in [6, 6.07) is 15.1. The number of phenolic OH excluding ortho intramolecular Hbond substituents is 4. The molecular weight excluding hydrogens is 520 g/mol. The van der Waals surface area contributed by atoms with Crippen LogP contribution in [0.25, 0.3) is 0 Å². The van der Waals surface area contributed by atoms with E-state index in [9.17, 15) is 39.6 Å². The van der Waals surface area contributed by atoms with Crippen molar-refractivity contribution < 1.29 is 39.6 Å². The molecule has 8 N–H and O–H groups in total. The Hall–Kier alpha value is -5.26. The molecule has 0 aliphatic rings. The molecule has 3 aromatic rings. The van der Waals surface area contributed by atoms with Crippen molar-refractivity contribution in [1.82, 2.24) is 15.5 Å². The highest BCUT2D eigenvalue weighted by Crippen LogP contribution is 2.29. The van der Waals surface area contributed by atoms with Crippen LogP contribution >= 0.6 is 0 Å². The number of para-hydroxylation sites is 2. The summed E-state index contributed by atoms with van der Waals surface area (Å²) in [6.07, 6.45) is 0.666. The van der Waals surface area contributed by atoms with Gasteiger partial charge in [-0.1, -0.05) is 42.5 Å². The van der Waals surface area contributed by atoms with Crippen molar-refractivity contribution in [2.45, 2.75) is 18.9 Å². The maximum atomic E-state index is 13.2. The SMILES string of the molecule is NC(=O)[C@H](NC(=O)CN(CCCCNC(=O)c1cccc(O)c1O)C(=O)c1cccc(O)c1O)c1ccccc1. The largest absolute Gasteiger partial charge is 0.504 e. The number of carbonyl (C=O) groups is 4. The summed E-state index contributed by atoms with van der Waals surface area (Å²) in [5.41, 5.74) is 5.60. The summed E-state index contributed by atoms with van der Waals surface area (Å²) in [4.78, 5) is 51.6. The van der Waals surface area contributed by atoms with E-state index in [-0.39, 0.29) is 24.2 Å². The number of hydrogen-bond donors (Lipinski definition) is 7. The molecule has 0 radical (unpaired) electrons. The molecule has 1 atom stereocenters. The van der Waals surface area contributed by atoms with Gasteiger partial charge >= 0.3 is 0 Å². The second-order valence-corrected chi connectivity index (χ2v) is 8.85. The van der Waals surface area contributed by atoms with Crippen LogP contribution in [0.1, 0.15) is 45.2 Å². The van der Waals surface area contributed by atoms with Crippen molar-refractivity contribution >= 4 is 23.6 Å². The Kier molecular flexibility index (Phi) is 9.90. The molecule has 3 rings (SSSR count). The van der Waals surface area contributed by atoms with Crippen molar-refractivity contribution in [1.29, 1.82) is 0 Å². The lowest BCUT2D eigenvalue weighted by molar-refractivity contribution is -0.127. The minimum absolute atomic E-state index is 0.0150. The van der Waals surface area contributed by atoms with Crippen molar-refractivity contribution in [3.05, 3.63) is 83.4 Å². The number of hydrogen-bond acceptors (Lipinski definition) is 8. The van der Waals surface area contributed by atoms with E-state index >= 15 is 0 Å². The van der Waals surface area contributed by atoms with Gasteiger partial charge in [0.25, 0.3) is 11.8 Å². The van der Waals surface area contributed by atoms with Gasteiger partial charge in [-0.25, -0.2) is 0 Å². The molecule has 0 heterocycles. The lowest BCUT2D eigenvalue weighted by atomic mass is 10.1. The Balaban J connectivity index is 1.67. The molecule has 4 amide bonds. The van der Waals surface area contributed by atoms with Crippen LogP contribution in [0.15, 0.2) is 66.7 Å². The summed E-state index contributed by atoms with van der Waals surface area (Å²) in [5, 5.41) is 44.5. The van der Waals surface area contributed by atoms with Crippen LogP contribution in [0.5, 0.6) is 23.0 Å². The zero-order chi connectivity index (χ0) is 29.2. The minimum atomic E-state index is -1.14. The number of nitrogens with two attached hydrogens (primary N) is 1. The topological polar surface area (TPSA) is 203 Å². The maximum Gasteiger partial charge on any atom is 0.258 e. The van der Waals surface area contributed by atoms with E-state index in [1.807, 2.05) is 0 Å². The highest BCUT2D eigenvalue weighted by molar-refractivity contribution is 6.00. The van der Waals surface area contributed by atoms with E-state index in [4.69, 9.17) is 5.73 Å². The predicted molar refractivity (Wildman–Crippen MR) is 144 cm³/mol. The first-order valence-corrected chi connectivity index (χ1v) is 12.3. The Morgan fingerprint density at radius 1 is 0.775 bits per heavy atom. The molecule has 0 aliphatic heterocycles. The molecule has 0 aromatic heterocycles. The highest BCUT2D eigenvalue weighted by atomic mass is 16.3. The van der Waals surface area contributed by atoms with Crippen molar-refractivity contribution in [3.63, 3.8) is 0 Å². The zero-order valence-corrected chi connectivity index (χ0v) is 21.4. The van der Waals surface area contributed by atoms with Gasteiger partial charge in [-0.3, -0.25) is 19.2 Å². The Morgan fingerprint density at radius 3 is 2.00 bits per heavy atom. The van der Waals surface area contributed by atoms with Gasteiger partial charge < -0.3 is 41.7 Å². The van der Waals surface area contributed by atoms with E-state index < -0.39 is 59.2 Å². The van der Waals surface area contributed by atoms with E-state index in [0.717, 1.165) is 4.90 Å².